The zero-order chi connectivity index (χ0) is 14.2. The van der Waals surface area contributed by atoms with Crippen molar-refractivity contribution in [3.05, 3.63) is 54.1 Å². The molecule has 5 heteroatoms. The van der Waals surface area contributed by atoms with Crippen LogP contribution in [0.2, 0.25) is 0 Å². The van der Waals surface area contributed by atoms with Crippen molar-refractivity contribution in [1.82, 2.24) is 15.3 Å². The first-order valence-electron chi connectivity index (χ1n) is 6.66. The summed E-state index contributed by atoms with van der Waals surface area (Å²) < 4.78 is 0. The summed E-state index contributed by atoms with van der Waals surface area (Å²) in [6.07, 6.45) is 6.13. The summed E-state index contributed by atoms with van der Waals surface area (Å²) in [4.78, 5) is 20.0. The van der Waals surface area contributed by atoms with Gasteiger partial charge in [-0.1, -0.05) is 6.92 Å². The van der Waals surface area contributed by atoms with Crippen LogP contribution in [0.5, 0.6) is 0 Å². The van der Waals surface area contributed by atoms with Gasteiger partial charge in [0.05, 0.1) is 11.9 Å². The molecular weight excluding hydrogens is 252 g/mol. The zero-order valence-corrected chi connectivity index (χ0v) is 11.5. The molecule has 2 N–H and O–H groups in total. The molecule has 20 heavy (non-hydrogen) atoms. The van der Waals surface area contributed by atoms with E-state index in [1.165, 1.54) is 0 Å². The lowest BCUT2D eigenvalue weighted by atomic mass is 10.2. The van der Waals surface area contributed by atoms with Gasteiger partial charge in [0.1, 0.15) is 5.69 Å². The molecule has 2 aromatic heterocycles. The molecule has 1 amide bonds. The average Bonchev–Trinajstić information content (AvgIpc) is 2.52. The van der Waals surface area contributed by atoms with Crippen molar-refractivity contribution in [2.45, 2.75) is 19.9 Å². The summed E-state index contributed by atoms with van der Waals surface area (Å²) in [5.41, 5.74) is 2.35. The minimum atomic E-state index is -0.177. The molecule has 0 aliphatic carbocycles. The number of carbonyl (C=O) groups is 1. The number of nitrogens with one attached hydrogen (secondary N) is 2. The van der Waals surface area contributed by atoms with Crippen molar-refractivity contribution >= 4 is 11.6 Å². The van der Waals surface area contributed by atoms with Gasteiger partial charge < -0.3 is 10.6 Å². The smallest absolute Gasteiger partial charge is 0.270 e. The lowest BCUT2D eigenvalue weighted by molar-refractivity contribution is 0.0946. The van der Waals surface area contributed by atoms with E-state index in [9.17, 15) is 4.79 Å². The molecule has 0 aliphatic rings. The van der Waals surface area contributed by atoms with Crippen LogP contribution in [0.15, 0.2) is 42.9 Å². The molecule has 0 spiro atoms. The van der Waals surface area contributed by atoms with Crippen molar-refractivity contribution in [3.8, 4) is 0 Å². The third kappa shape index (κ3) is 4.05. The van der Waals surface area contributed by atoms with E-state index in [4.69, 9.17) is 0 Å². The van der Waals surface area contributed by atoms with Crippen LogP contribution < -0.4 is 10.6 Å². The van der Waals surface area contributed by atoms with Crippen LogP contribution in [0.3, 0.4) is 0 Å². The van der Waals surface area contributed by atoms with E-state index in [2.05, 4.69) is 27.5 Å². The van der Waals surface area contributed by atoms with E-state index < -0.39 is 0 Å². The Morgan fingerprint density at radius 3 is 2.65 bits per heavy atom. The van der Waals surface area contributed by atoms with Gasteiger partial charge in [-0.15, -0.1) is 0 Å². The van der Waals surface area contributed by atoms with Crippen LogP contribution in [-0.2, 0) is 6.54 Å². The van der Waals surface area contributed by atoms with Gasteiger partial charge in [0.15, 0.2) is 0 Å². The lowest BCUT2D eigenvalue weighted by Crippen LogP contribution is -2.23. The fourth-order valence-corrected chi connectivity index (χ4v) is 1.68. The minimum absolute atomic E-state index is 0.177. The van der Waals surface area contributed by atoms with Crippen LogP contribution in [0.25, 0.3) is 0 Å². The number of aromatic nitrogens is 2. The number of amides is 1. The molecule has 0 aromatic carbocycles. The Kier molecular flexibility index (Phi) is 5.06. The van der Waals surface area contributed by atoms with Gasteiger partial charge in [-0.2, -0.15) is 0 Å². The molecule has 0 saturated carbocycles. The quantitative estimate of drug-likeness (QED) is 0.844. The first kappa shape index (κ1) is 14.0. The van der Waals surface area contributed by atoms with Crippen molar-refractivity contribution in [1.29, 1.82) is 0 Å². The number of rotatable bonds is 6. The highest BCUT2D eigenvalue weighted by Gasteiger charge is 2.06. The van der Waals surface area contributed by atoms with Crippen LogP contribution in [0.1, 0.15) is 29.4 Å². The van der Waals surface area contributed by atoms with Gasteiger partial charge in [-0.3, -0.25) is 9.78 Å². The number of hydrogen-bond acceptors (Lipinski definition) is 4. The number of pyridine rings is 2. The lowest BCUT2D eigenvalue weighted by Gasteiger charge is -2.06. The van der Waals surface area contributed by atoms with Gasteiger partial charge in [0.25, 0.3) is 5.91 Å². The first-order chi connectivity index (χ1) is 9.79. The second-order valence-corrected chi connectivity index (χ2v) is 4.40. The summed E-state index contributed by atoms with van der Waals surface area (Å²) >= 11 is 0. The van der Waals surface area contributed by atoms with Crippen molar-refractivity contribution in [2.75, 3.05) is 11.9 Å². The van der Waals surface area contributed by atoms with Gasteiger partial charge in [0.2, 0.25) is 0 Å². The van der Waals surface area contributed by atoms with Crippen LogP contribution in [0.4, 0.5) is 5.69 Å². The molecule has 2 rings (SSSR count). The normalized spacial score (nSPS) is 10.1. The number of hydrogen-bond donors (Lipinski definition) is 2. The third-order valence-corrected chi connectivity index (χ3v) is 2.78. The van der Waals surface area contributed by atoms with E-state index in [1.54, 1.807) is 24.7 Å². The van der Waals surface area contributed by atoms with Crippen molar-refractivity contribution in [2.24, 2.45) is 0 Å². The first-order valence-corrected chi connectivity index (χ1v) is 6.66. The summed E-state index contributed by atoms with van der Waals surface area (Å²) in [7, 11) is 0. The van der Waals surface area contributed by atoms with Gasteiger partial charge >= 0.3 is 0 Å². The molecule has 0 saturated heterocycles. The largest absolute Gasteiger partial charge is 0.384 e. The Hall–Kier alpha value is -2.43. The summed E-state index contributed by atoms with van der Waals surface area (Å²) in [6, 6.07) is 7.32. The molecule has 0 atom stereocenters. The van der Waals surface area contributed by atoms with Gasteiger partial charge in [-0.25, -0.2) is 4.98 Å². The molecule has 0 fully saturated rings. The maximum Gasteiger partial charge on any atom is 0.270 e. The average molecular weight is 270 g/mol. The van der Waals surface area contributed by atoms with E-state index in [1.807, 2.05) is 18.2 Å². The Morgan fingerprint density at radius 2 is 2.00 bits per heavy atom. The maximum absolute atomic E-state index is 11.9. The molecule has 0 bridgehead atoms. The Morgan fingerprint density at radius 1 is 1.20 bits per heavy atom. The molecule has 0 radical (unpaired) electrons. The molecule has 2 aromatic rings. The molecule has 104 valence electrons. The highest BCUT2D eigenvalue weighted by molar-refractivity contribution is 5.92. The van der Waals surface area contributed by atoms with Crippen molar-refractivity contribution < 1.29 is 4.79 Å². The molecular formula is C15H18N4O. The van der Waals surface area contributed by atoms with Crippen LogP contribution in [0, 0.1) is 0 Å². The zero-order valence-electron chi connectivity index (χ0n) is 11.5. The van der Waals surface area contributed by atoms with Crippen molar-refractivity contribution in [3.63, 3.8) is 0 Å². The summed E-state index contributed by atoms with van der Waals surface area (Å²) in [5, 5.41) is 6.05. The molecule has 5 nitrogen and oxygen atoms in total. The third-order valence-electron chi connectivity index (χ3n) is 2.78. The standard InChI is InChI=1S/C15H18N4O/c1-2-7-17-13-3-4-14(18-11-13)15(20)19-10-12-5-8-16-9-6-12/h3-6,8-9,11,17H,2,7,10H2,1H3,(H,19,20). The maximum atomic E-state index is 11.9. The fraction of sp³-hybridized carbons (Fsp3) is 0.267. The number of carbonyl (C=O) groups excluding carboxylic acids is 1. The van der Waals surface area contributed by atoms with Crippen LogP contribution in [-0.4, -0.2) is 22.4 Å². The van der Waals surface area contributed by atoms with Gasteiger partial charge in [-0.05, 0) is 36.2 Å². The van der Waals surface area contributed by atoms with E-state index in [0.29, 0.717) is 12.2 Å². The number of nitrogens with zero attached hydrogens (tertiary/aromatic N) is 2. The molecule has 0 aliphatic heterocycles. The molecule has 0 unspecified atom stereocenters. The summed E-state index contributed by atoms with van der Waals surface area (Å²) in [6.45, 7) is 3.47. The fourth-order valence-electron chi connectivity index (χ4n) is 1.68. The van der Waals surface area contributed by atoms with Crippen LogP contribution >= 0.6 is 0 Å². The Bertz CT molecular complexity index is 540. The SMILES string of the molecule is CCCNc1ccc(C(=O)NCc2ccncc2)nc1. The second kappa shape index (κ2) is 7.23. The Labute approximate surface area is 118 Å². The van der Waals surface area contributed by atoms with Gasteiger partial charge in [0, 0.05) is 25.5 Å². The predicted molar refractivity (Wildman–Crippen MR) is 78.4 cm³/mol. The van der Waals surface area contributed by atoms with E-state index >= 15 is 0 Å². The monoisotopic (exact) mass is 270 g/mol. The van der Waals surface area contributed by atoms with E-state index in [0.717, 1.165) is 24.2 Å². The second-order valence-electron chi connectivity index (χ2n) is 4.40. The highest BCUT2D eigenvalue weighted by atomic mass is 16.1. The number of anilines is 1. The minimum Gasteiger partial charge on any atom is -0.384 e. The Balaban J connectivity index is 1.89. The highest BCUT2D eigenvalue weighted by Crippen LogP contribution is 2.06. The van der Waals surface area contributed by atoms with E-state index in [-0.39, 0.29) is 5.91 Å². The predicted octanol–water partition coefficient (Wildman–Crippen LogP) is 2.23. The topological polar surface area (TPSA) is 66.9 Å². The summed E-state index contributed by atoms with van der Waals surface area (Å²) in [5.74, 6) is -0.177. The molecule has 2 heterocycles.